The molecule has 0 rings (SSSR count). The number of nitrogens with zero attached hydrogens (tertiary/aromatic N) is 1. The van der Waals surface area contributed by atoms with Crippen molar-refractivity contribution in [2.24, 2.45) is 5.84 Å². The number of amides is 1. The molecule has 0 fully saturated rings. The molecule has 0 heterocycles. The molecule has 1 amide bonds. The van der Waals surface area contributed by atoms with Crippen molar-refractivity contribution in [3.05, 3.63) is 12.2 Å². The molecule has 0 aromatic carbocycles. The summed E-state index contributed by atoms with van der Waals surface area (Å²) in [4.78, 5) is 12.0. The summed E-state index contributed by atoms with van der Waals surface area (Å²) in [6.07, 6.45) is 15.0. The second kappa shape index (κ2) is 13.2. The Morgan fingerprint density at radius 3 is 2.15 bits per heavy atom. The molecule has 0 radical (unpaired) electrons. The molecule has 0 aromatic rings. The second-order valence-electron chi connectivity index (χ2n) is 5.58. The number of unbranched alkanes of at least 4 members (excludes halogenated alkanes) is 5. The fraction of sp³-hybridized carbons (Fsp3) is 0.824. The Kier molecular flexibility index (Phi) is 12.6. The molecule has 0 bridgehead atoms. The maximum atomic E-state index is 12.0. The van der Waals surface area contributed by atoms with E-state index in [9.17, 15) is 4.79 Å². The predicted octanol–water partition coefficient (Wildman–Crippen LogP) is 4.57. The van der Waals surface area contributed by atoms with Crippen LogP contribution in [0.3, 0.4) is 0 Å². The fourth-order valence-corrected chi connectivity index (χ4v) is 2.40. The van der Waals surface area contributed by atoms with Crippen molar-refractivity contribution in [1.82, 2.24) is 5.01 Å². The van der Waals surface area contributed by atoms with Crippen molar-refractivity contribution in [3.8, 4) is 0 Å². The van der Waals surface area contributed by atoms with E-state index >= 15 is 0 Å². The molecule has 0 saturated heterocycles. The highest BCUT2D eigenvalue weighted by Gasteiger charge is 2.16. The van der Waals surface area contributed by atoms with Gasteiger partial charge in [0.1, 0.15) is 0 Å². The van der Waals surface area contributed by atoms with Gasteiger partial charge in [-0.3, -0.25) is 9.80 Å². The molecule has 0 atom stereocenters. The molecule has 0 aliphatic carbocycles. The van der Waals surface area contributed by atoms with Crippen LogP contribution < -0.4 is 5.84 Å². The monoisotopic (exact) mass is 282 g/mol. The molecule has 0 aliphatic rings. The minimum absolute atomic E-state index is 0.0505. The molecule has 3 heteroatoms. The third kappa shape index (κ3) is 9.13. The normalized spacial score (nSPS) is 11.4. The summed E-state index contributed by atoms with van der Waals surface area (Å²) in [7, 11) is 0. The second-order valence-corrected chi connectivity index (χ2v) is 5.58. The van der Waals surface area contributed by atoms with Crippen molar-refractivity contribution in [2.45, 2.75) is 91.0 Å². The Balaban J connectivity index is 3.97. The summed E-state index contributed by atoms with van der Waals surface area (Å²) < 4.78 is 0. The van der Waals surface area contributed by atoms with Gasteiger partial charge in [0.15, 0.2) is 0 Å². The first-order valence-corrected chi connectivity index (χ1v) is 8.41. The van der Waals surface area contributed by atoms with Gasteiger partial charge in [0.05, 0.1) is 0 Å². The zero-order chi connectivity index (χ0) is 15.2. The molecule has 0 unspecified atom stereocenters. The molecular weight excluding hydrogens is 248 g/mol. The Morgan fingerprint density at radius 2 is 1.60 bits per heavy atom. The quantitative estimate of drug-likeness (QED) is 0.187. The summed E-state index contributed by atoms with van der Waals surface area (Å²) in [5.74, 6) is 5.90. The summed E-state index contributed by atoms with van der Waals surface area (Å²) >= 11 is 0. The molecule has 0 saturated carbocycles. The molecule has 118 valence electrons. The van der Waals surface area contributed by atoms with Crippen LogP contribution >= 0.6 is 0 Å². The minimum atomic E-state index is -0.0505. The summed E-state index contributed by atoms with van der Waals surface area (Å²) in [6.45, 7) is 6.48. The molecule has 2 N–H and O–H groups in total. The van der Waals surface area contributed by atoms with Crippen LogP contribution in [0, 0.1) is 0 Å². The minimum Gasteiger partial charge on any atom is -0.274 e. The van der Waals surface area contributed by atoms with Gasteiger partial charge in [-0.2, -0.15) is 0 Å². The Morgan fingerprint density at radius 1 is 1.00 bits per heavy atom. The summed E-state index contributed by atoms with van der Waals surface area (Å²) in [5.41, 5.74) is 0. The smallest absolute Gasteiger partial charge is 0.260 e. The topological polar surface area (TPSA) is 46.3 Å². The number of rotatable bonds is 12. The number of hydrogen-bond acceptors (Lipinski definition) is 2. The largest absolute Gasteiger partial charge is 0.274 e. The van der Waals surface area contributed by atoms with Crippen LogP contribution in [0.5, 0.6) is 0 Å². The molecule has 3 nitrogen and oxygen atoms in total. The third-order valence-corrected chi connectivity index (χ3v) is 3.63. The van der Waals surface area contributed by atoms with Gasteiger partial charge in [-0.25, -0.2) is 5.84 Å². The van der Waals surface area contributed by atoms with Crippen LogP contribution in [-0.4, -0.2) is 17.0 Å². The number of carbonyl (C=O) groups is 1. The van der Waals surface area contributed by atoms with Gasteiger partial charge >= 0.3 is 0 Å². The van der Waals surface area contributed by atoms with Crippen LogP contribution in [-0.2, 0) is 4.79 Å². The fourth-order valence-electron chi connectivity index (χ4n) is 2.40. The standard InChI is InChI=1S/C17H34N2O/c1-4-7-8-9-10-11-12-15-17(20)19(18)16(13-5-2)14-6-3/h12,15-16H,4-11,13-14,18H2,1-3H3/b15-12+. The maximum absolute atomic E-state index is 12.0. The lowest BCUT2D eigenvalue weighted by Crippen LogP contribution is -2.44. The van der Waals surface area contributed by atoms with Crippen LogP contribution in [0.1, 0.15) is 85.0 Å². The first-order valence-electron chi connectivity index (χ1n) is 8.41. The van der Waals surface area contributed by atoms with Gasteiger partial charge in [-0.05, 0) is 25.7 Å². The van der Waals surface area contributed by atoms with E-state index in [1.807, 2.05) is 6.08 Å². The van der Waals surface area contributed by atoms with Crippen molar-refractivity contribution in [2.75, 3.05) is 0 Å². The van der Waals surface area contributed by atoms with E-state index in [2.05, 4.69) is 20.8 Å². The molecule has 20 heavy (non-hydrogen) atoms. The first kappa shape index (κ1) is 19.2. The van der Waals surface area contributed by atoms with Crippen LogP contribution in [0.4, 0.5) is 0 Å². The van der Waals surface area contributed by atoms with E-state index in [0.29, 0.717) is 0 Å². The third-order valence-electron chi connectivity index (χ3n) is 3.63. The van der Waals surface area contributed by atoms with Crippen molar-refractivity contribution in [3.63, 3.8) is 0 Å². The first-order chi connectivity index (χ1) is 9.67. The van der Waals surface area contributed by atoms with Gasteiger partial charge in [0.25, 0.3) is 5.91 Å². The highest BCUT2D eigenvalue weighted by molar-refractivity contribution is 5.87. The van der Waals surface area contributed by atoms with Gasteiger partial charge in [-0.15, -0.1) is 0 Å². The number of nitrogens with two attached hydrogens (primary N) is 1. The molecule has 0 aliphatic heterocycles. The summed E-state index contributed by atoms with van der Waals surface area (Å²) in [6, 6.07) is 0.187. The number of allylic oxidation sites excluding steroid dienone is 1. The Hall–Kier alpha value is -0.830. The van der Waals surface area contributed by atoms with E-state index in [-0.39, 0.29) is 11.9 Å². The van der Waals surface area contributed by atoms with Gasteiger partial charge in [0, 0.05) is 12.1 Å². The number of hydrogen-bond donors (Lipinski definition) is 1. The van der Waals surface area contributed by atoms with E-state index in [1.165, 1.54) is 37.1 Å². The highest BCUT2D eigenvalue weighted by atomic mass is 16.2. The lowest BCUT2D eigenvalue weighted by atomic mass is 10.1. The predicted molar refractivity (Wildman–Crippen MR) is 87.2 cm³/mol. The van der Waals surface area contributed by atoms with Crippen molar-refractivity contribution >= 4 is 5.91 Å². The SMILES string of the molecule is CCCCCCC/C=C/C(=O)N(N)C(CCC)CCC. The molecule has 0 spiro atoms. The average molecular weight is 282 g/mol. The van der Waals surface area contributed by atoms with Gasteiger partial charge < -0.3 is 0 Å². The van der Waals surface area contributed by atoms with Crippen LogP contribution in [0.2, 0.25) is 0 Å². The zero-order valence-electron chi connectivity index (χ0n) is 13.7. The lowest BCUT2D eigenvalue weighted by Gasteiger charge is -2.26. The lowest BCUT2D eigenvalue weighted by molar-refractivity contribution is -0.128. The Labute approximate surface area is 125 Å². The zero-order valence-corrected chi connectivity index (χ0v) is 13.7. The van der Waals surface area contributed by atoms with Gasteiger partial charge in [0.2, 0.25) is 0 Å². The maximum Gasteiger partial charge on any atom is 0.260 e. The highest BCUT2D eigenvalue weighted by Crippen LogP contribution is 2.11. The van der Waals surface area contributed by atoms with Crippen LogP contribution in [0.15, 0.2) is 12.2 Å². The number of carbonyl (C=O) groups excluding carboxylic acids is 1. The van der Waals surface area contributed by atoms with Crippen LogP contribution in [0.25, 0.3) is 0 Å². The van der Waals surface area contributed by atoms with Crippen molar-refractivity contribution < 1.29 is 4.79 Å². The van der Waals surface area contributed by atoms with E-state index in [1.54, 1.807) is 6.08 Å². The summed E-state index contributed by atoms with van der Waals surface area (Å²) in [5, 5.41) is 1.43. The van der Waals surface area contributed by atoms with Crippen molar-refractivity contribution in [1.29, 1.82) is 0 Å². The number of hydrazine groups is 1. The Bertz CT molecular complexity index is 258. The molecular formula is C17H34N2O. The van der Waals surface area contributed by atoms with E-state index < -0.39 is 0 Å². The van der Waals surface area contributed by atoms with E-state index in [0.717, 1.165) is 32.1 Å². The van der Waals surface area contributed by atoms with Gasteiger partial charge in [-0.1, -0.05) is 65.4 Å². The average Bonchev–Trinajstić information content (AvgIpc) is 2.45. The van der Waals surface area contributed by atoms with E-state index in [4.69, 9.17) is 5.84 Å². The molecule has 0 aromatic heterocycles.